The fourth-order valence-electron chi connectivity index (χ4n) is 1.69. The van der Waals surface area contributed by atoms with Crippen LogP contribution in [0.25, 0.3) is 0 Å². The van der Waals surface area contributed by atoms with Crippen molar-refractivity contribution in [1.29, 1.82) is 5.26 Å². The van der Waals surface area contributed by atoms with Gasteiger partial charge in [-0.3, -0.25) is 9.69 Å². The summed E-state index contributed by atoms with van der Waals surface area (Å²) in [7, 11) is 1.86. The molecule has 0 aromatic heterocycles. The molecule has 0 unspecified atom stereocenters. The highest BCUT2D eigenvalue weighted by Crippen LogP contribution is 2.11. The van der Waals surface area contributed by atoms with Gasteiger partial charge in [-0.1, -0.05) is 17.7 Å². The highest BCUT2D eigenvalue weighted by molar-refractivity contribution is 5.99. The first-order valence-corrected chi connectivity index (χ1v) is 5.70. The number of hydrogen-bond acceptors (Lipinski definition) is 3. The Morgan fingerprint density at radius 3 is 2.76 bits per heavy atom. The third-order valence-corrected chi connectivity index (χ3v) is 2.71. The van der Waals surface area contributed by atoms with Crippen molar-refractivity contribution in [3.8, 4) is 6.07 Å². The Labute approximate surface area is 103 Å². The first kappa shape index (κ1) is 13.4. The molecule has 1 rings (SSSR count). The van der Waals surface area contributed by atoms with Crippen LogP contribution in [0.1, 0.15) is 27.9 Å². The third-order valence-electron chi connectivity index (χ3n) is 2.71. The van der Waals surface area contributed by atoms with Crippen LogP contribution in [0.4, 0.5) is 0 Å². The molecular weight excluding hydrogens is 212 g/mol. The zero-order valence-corrected chi connectivity index (χ0v) is 10.7. The van der Waals surface area contributed by atoms with Gasteiger partial charge in [0.1, 0.15) is 0 Å². The average molecular weight is 230 g/mol. The van der Waals surface area contributed by atoms with Crippen LogP contribution in [0.5, 0.6) is 0 Å². The smallest absolute Gasteiger partial charge is 0.177 e. The molecule has 0 fully saturated rings. The van der Waals surface area contributed by atoms with Crippen molar-refractivity contribution in [2.24, 2.45) is 0 Å². The quantitative estimate of drug-likeness (QED) is 0.729. The number of carbonyl (C=O) groups excluding carboxylic acids is 1. The van der Waals surface area contributed by atoms with E-state index in [1.54, 1.807) is 0 Å². The van der Waals surface area contributed by atoms with Crippen molar-refractivity contribution in [2.45, 2.75) is 20.3 Å². The molecule has 0 radical (unpaired) electrons. The number of nitriles is 1. The summed E-state index contributed by atoms with van der Waals surface area (Å²) in [6, 6.07) is 7.98. The number of hydrogen-bond donors (Lipinski definition) is 0. The zero-order valence-electron chi connectivity index (χ0n) is 10.7. The maximum atomic E-state index is 12.1. The van der Waals surface area contributed by atoms with Crippen LogP contribution in [-0.2, 0) is 0 Å². The van der Waals surface area contributed by atoms with E-state index in [1.807, 2.05) is 44.0 Å². The molecule has 3 nitrogen and oxygen atoms in total. The van der Waals surface area contributed by atoms with E-state index >= 15 is 0 Å². The number of carbonyl (C=O) groups is 1. The van der Waals surface area contributed by atoms with E-state index in [0.29, 0.717) is 19.5 Å². The first-order valence-electron chi connectivity index (χ1n) is 5.70. The summed E-state index contributed by atoms with van der Waals surface area (Å²) in [5.41, 5.74) is 2.89. The van der Waals surface area contributed by atoms with Gasteiger partial charge in [-0.25, -0.2) is 0 Å². The summed E-state index contributed by atoms with van der Waals surface area (Å²) < 4.78 is 0. The Hall–Kier alpha value is -1.66. The van der Waals surface area contributed by atoms with E-state index in [-0.39, 0.29) is 5.78 Å². The highest BCUT2D eigenvalue weighted by Gasteiger charge is 2.11. The molecule has 0 aliphatic heterocycles. The standard InChI is InChI=1S/C14H18N2O/c1-11-5-6-12(2)13(9-11)14(17)10-16(3)8-4-7-15/h5-6,9H,4,8,10H2,1-3H3. The molecule has 0 aliphatic carbocycles. The van der Waals surface area contributed by atoms with Crippen LogP contribution < -0.4 is 0 Å². The van der Waals surface area contributed by atoms with Gasteiger partial charge in [0, 0.05) is 18.5 Å². The van der Waals surface area contributed by atoms with E-state index in [1.165, 1.54) is 0 Å². The largest absolute Gasteiger partial charge is 0.298 e. The highest BCUT2D eigenvalue weighted by atomic mass is 16.1. The second-order valence-electron chi connectivity index (χ2n) is 4.39. The Morgan fingerprint density at radius 1 is 1.41 bits per heavy atom. The third kappa shape index (κ3) is 4.01. The molecule has 17 heavy (non-hydrogen) atoms. The van der Waals surface area contributed by atoms with Gasteiger partial charge in [0.15, 0.2) is 5.78 Å². The van der Waals surface area contributed by atoms with Crippen LogP contribution >= 0.6 is 0 Å². The maximum Gasteiger partial charge on any atom is 0.177 e. The monoisotopic (exact) mass is 230 g/mol. The van der Waals surface area contributed by atoms with Crippen LogP contribution in [0, 0.1) is 25.2 Å². The van der Waals surface area contributed by atoms with Gasteiger partial charge in [0.05, 0.1) is 12.6 Å². The lowest BCUT2D eigenvalue weighted by Crippen LogP contribution is -2.27. The SMILES string of the molecule is Cc1ccc(C)c(C(=O)CN(C)CCC#N)c1. The fraction of sp³-hybridized carbons (Fsp3) is 0.429. The first-order chi connectivity index (χ1) is 8.04. The van der Waals surface area contributed by atoms with Gasteiger partial charge in [0.2, 0.25) is 0 Å². The lowest BCUT2D eigenvalue weighted by Gasteiger charge is -2.14. The molecule has 0 saturated carbocycles. The molecule has 0 amide bonds. The van der Waals surface area contributed by atoms with Gasteiger partial charge >= 0.3 is 0 Å². The van der Waals surface area contributed by atoms with Crippen molar-refractivity contribution in [3.05, 3.63) is 34.9 Å². The predicted octanol–water partition coefficient (Wildman–Crippen LogP) is 2.33. The Balaban J connectivity index is 2.70. The minimum atomic E-state index is 0.117. The van der Waals surface area contributed by atoms with E-state index in [9.17, 15) is 4.79 Å². The van der Waals surface area contributed by atoms with Gasteiger partial charge in [0.25, 0.3) is 0 Å². The van der Waals surface area contributed by atoms with Crippen LogP contribution in [0.15, 0.2) is 18.2 Å². The number of rotatable bonds is 5. The maximum absolute atomic E-state index is 12.1. The predicted molar refractivity (Wildman–Crippen MR) is 68.0 cm³/mol. The van der Waals surface area contributed by atoms with Gasteiger partial charge in [-0.2, -0.15) is 5.26 Å². The van der Waals surface area contributed by atoms with E-state index < -0.39 is 0 Å². The van der Waals surface area contributed by atoms with Crippen molar-refractivity contribution >= 4 is 5.78 Å². The number of nitrogens with zero attached hydrogens (tertiary/aromatic N) is 2. The van der Waals surface area contributed by atoms with Crippen molar-refractivity contribution in [2.75, 3.05) is 20.1 Å². The van der Waals surface area contributed by atoms with Crippen molar-refractivity contribution in [1.82, 2.24) is 4.90 Å². The second kappa shape index (κ2) is 6.17. The molecule has 0 saturated heterocycles. The Bertz CT molecular complexity index is 446. The van der Waals surface area contributed by atoms with E-state index in [4.69, 9.17) is 5.26 Å². The fourth-order valence-corrected chi connectivity index (χ4v) is 1.69. The van der Waals surface area contributed by atoms with Gasteiger partial charge in [-0.15, -0.1) is 0 Å². The normalized spacial score (nSPS) is 10.3. The second-order valence-corrected chi connectivity index (χ2v) is 4.39. The molecule has 0 bridgehead atoms. The molecule has 0 N–H and O–H groups in total. The molecular formula is C14H18N2O. The van der Waals surface area contributed by atoms with E-state index in [0.717, 1.165) is 16.7 Å². The lowest BCUT2D eigenvalue weighted by molar-refractivity contribution is 0.0946. The Kier molecular flexibility index (Phi) is 4.86. The number of ketones is 1. The topological polar surface area (TPSA) is 44.1 Å². The van der Waals surface area contributed by atoms with Gasteiger partial charge in [-0.05, 0) is 32.5 Å². The molecule has 1 aromatic rings. The van der Waals surface area contributed by atoms with E-state index in [2.05, 4.69) is 6.07 Å². The minimum Gasteiger partial charge on any atom is -0.298 e. The molecule has 0 atom stereocenters. The Morgan fingerprint density at radius 2 is 2.12 bits per heavy atom. The average Bonchev–Trinajstić information content (AvgIpc) is 2.29. The molecule has 1 aromatic carbocycles. The molecule has 0 aliphatic rings. The minimum absolute atomic E-state index is 0.117. The summed E-state index contributed by atoms with van der Waals surface area (Å²) in [6.45, 7) is 4.93. The summed E-state index contributed by atoms with van der Waals surface area (Å²) in [5.74, 6) is 0.117. The summed E-state index contributed by atoms with van der Waals surface area (Å²) in [5, 5.41) is 8.49. The van der Waals surface area contributed by atoms with Crippen LogP contribution in [0.3, 0.4) is 0 Å². The summed E-state index contributed by atoms with van der Waals surface area (Å²) >= 11 is 0. The zero-order chi connectivity index (χ0) is 12.8. The summed E-state index contributed by atoms with van der Waals surface area (Å²) in [6.07, 6.45) is 0.455. The van der Waals surface area contributed by atoms with Gasteiger partial charge < -0.3 is 0 Å². The summed E-state index contributed by atoms with van der Waals surface area (Å²) in [4.78, 5) is 13.9. The lowest BCUT2D eigenvalue weighted by atomic mass is 10.0. The number of benzene rings is 1. The van der Waals surface area contributed by atoms with Crippen molar-refractivity contribution < 1.29 is 4.79 Å². The number of likely N-dealkylation sites (N-methyl/N-ethyl adjacent to an activating group) is 1. The van der Waals surface area contributed by atoms with Crippen molar-refractivity contribution in [3.63, 3.8) is 0 Å². The number of Topliss-reactive ketones (excluding diaryl/α,β-unsaturated/α-hetero) is 1. The molecule has 0 spiro atoms. The number of aryl methyl sites for hydroxylation is 2. The van der Waals surface area contributed by atoms with Crippen LogP contribution in [0.2, 0.25) is 0 Å². The molecule has 0 heterocycles. The van der Waals surface area contributed by atoms with Crippen LogP contribution in [-0.4, -0.2) is 30.8 Å². The molecule has 90 valence electrons. The molecule has 3 heteroatoms.